The minimum Gasteiger partial charge on any atom is -0.334 e. The first-order valence-corrected chi connectivity index (χ1v) is 8.95. The van der Waals surface area contributed by atoms with Crippen LogP contribution >= 0.6 is 0 Å². The molecule has 1 aromatic heterocycles. The lowest BCUT2D eigenvalue weighted by Gasteiger charge is -2.32. The Labute approximate surface area is 142 Å². The van der Waals surface area contributed by atoms with E-state index in [4.69, 9.17) is 0 Å². The molecule has 1 aliphatic heterocycles. The standard InChI is InChI=1S/C9H12N2O2S.C8H8N2/c1-10-7-8-5-3-4-6-9(8)11(2)14(10,12)13;1-10-6-9-7-4-2-3-5-8(7)10/h3-6H,7H2,1-2H3;2-6H,1H3. The number of rotatable bonds is 0. The second-order valence-corrected chi connectivity index (χ2v) is 7.77. The van der Waals surface area contributed by atoms with E-state index in [1.165, 1.54) is 14.1 Å². The number of anilines is 1. The summed E-state index contributed by atoms with van der Waals surface area (Å²) in [4.78, 5) is 4.18. The summed E-state index contributed by atoms with van der Waals surface area (Å²) in [6.07, 6.45) is 1.82. The topological polar surface area (TPSA) is 58.4 Å². The molecule has 3 aromatic rings. The van der Waals surface area contributed by atoms with Crippen LogP contribution in [0, 0.1) is 0 Å². The zero-order valence-electron chi connectivity index (χ0n) is 13.9. The largest absolute Gasteiger partial charge is 0.334 e. The van der Waals surface area contributed by atoms with E-state index in [0.717, 1.165) is 16.8 Å². The Balaban J connectivity index is 0.000000149. The highest BCUT2D eigenvalue weighted by Gasteiger charge is 2.30. The Hall–Kier alpha value is -2.38. The van der Waals surface area contributed by atoms with Crippen LogP contribution in [0.2, 0.25) is 0 Å². The fraction of sp³-hybridized carbons (Fsp3) is 0.235. The van der Waals surface area contributed by atoms with Gasteiger partial charge in [-0.05, 0) is 23.8 Å². The van der Waals surface area contributed by atoms with E-state index in [1.54, 1.807) is 14.1 Å². The third kappa shape index (κ3) is 2.88. The van der Waals surface area contributed by atoms with Crippen molar-refractivity contribution in [3.63, 3.8) is 0 Å². The maximum absolute atomic E-state index is 11.7. The Morgan fingerprint density at radius 1 is 0.958 bits per heavy atom. The molecule has 126 valence electrons. The van der Waals surface area contributed by atoms with Crippen LogP contribution in [0.4, 0.5) is 5.69 Å². The quantitative estimate of drug-likeness (QED) is 0.629. The van der Waals surface area contributed by atoms with Crippen molar-refractivity contribution in [2.24, 2.45) is 7.05 Å². The van der Waals surface area contributed by atoms with Gasteiger partial charge < -0.3 is 4.57 Å². The molecule has 0 radical (unpaired) electrons. The second kappa shape index (κ2) is 6.26. The number of nitrogens with zero attached hydrogens (tertiary/aromatic N) is 4. The molecule has 0 bridgehead atoms. The summed E-state index contributed by atoms with van der Waals surface area (Å²) in [5.41, 5.74) is 4.05. The molecule has 0 aliphatic carbocycles. The Morgan fingerprint density at radius 3 is 2.38 bits per heavy atom. The van der Waals surface area contributed by atoms with Gasteiger partial charge in [0.2, 0.25) is 0 Å². The van der Waals surface area contributed by atoms with Gasteiger partial charge in [-0.2, -0.15) is 12.7 Å². The van der Waals surface area contributed by atoms with Gasteiger partial charge in [0.25, 0.3) is 0 Å². The third-order valence-corrected chi connectivity index (χ3v) is 5.90. The van der Waals surface area contributed by atoms with Crippen LogP contribution in [0.15, 0.2) is 54.9 Å². The summed E-state index contributed by atoms with van der Waals surface area (Å²) in [7, 11) is 1.87. The average Bonchev–Trinajstić information content (AvgIpc) is 2.96. The molecule has 0 fully saturated rings. The minimum atomic E-state index is -3.29. The lowest BCUT2D eigenvalue weighted by molar-refractivity contribution is 0.457. The van der Waals surface area contributed by atoms with Gasteiger partial charge in [-0.1, -0.05) is 30.3 Å². The lowest BCUT2D eigenvalue weighted by Crippen LogP contribution is -2.43. The van der Waals surface area contributed by atoms with Crippen molar-refractivity contribution in [3.05, 3.63) is 60.4 Å². The van der Waals surface area contributed by atoms with Crippen LogP contribution < -0.4 is 4.31 Å². The van der Waals surface area contributed by atoms with Gasteiger partial charge in [0.1, 0.15) is 0 Å². The molecule has 6 nitrogen and oxygen atoms in total. The molecule has 2 heterocycles. The number of hydrogen-bond acceptors (Lipinski definition) is 3. The van der Waals surface area contributed by atoms with E-state index < -0.39 is 10.2 Å². The first kappa shape index (κ1) is 16.5. The normalized spacial score (nSPS) is 16.4. The maximum Gasteiger partial charge on any atom is 0.303 e. The molecule has 24 heavy (non-hydrogen) atoms. The van der Waals surface area contributed by atoms with E-state index >= 15 is 0 Å². The van der Waals surface area contributed by atoms with Gasteiger partial charge in [0.15, 0.2) is 0 Å². The number of benzene rings is 2. The van der Waals surface area contributed by atoms with Crippen molar-refractivity contribution in [3.8, 4) is 0 Å². The Morgan fingerprint density at radius 2 is 1.62 bits per heavy atom. The molecule has 7 heteroatoms. The SMILES string of the molecule is CN1Cc2ccccc2N(C)S1(=O)=O.Cn1cnc2ccccc21. The summed E-state index contributed by atoms with van der Waals surface area (Å²) >= 11 is 0. The predicted octanol–water partition coefficient (Wildman–Crippen LogP) is 2.39. The first-order chi connectivity index (χ1) is 11.4. The summed E-state index contributed by atoms with van der Waals surface area (Å²) in [5, 5.41) is 0. The second-order valence-electron chi connectivity index (χ2n) is 5.70. The molecule has 0 saturated carbocycles. The number of para-hydroxylation sites is 3. The molecule has 2 aromatic carbocycles. The molecule has 0 atom stereocenters. The summed E-state index contributed by atoms with van der Waals surface area (Å²) in [5.74, 6) is 0. The van der Waals surface area contributed by atoms with Crippen LogP contribution in [0.5, 0.6) is 0 Å². The molecule has 4 rings (SSSR count). The van der Waals surface area contributed by atoms with Crippen molar-refractivity contribution >= 4 is 26.9 Å². The van der Waals surface area contributed by atoms with Crippen molar-refractivity contribution in [2.45, 2.75) is 6.54 Å². The van der Waals surface area contributed by atoms with E-state index in [-0.39, 0.29) is 0 Å². The highest BCUT2D eigenvalue weighted by molar-refractivity contribution is 7.90. The highest BCUT2D eigenvalue weighted by atomic mass is 32.2. The van der Waals surface area contributed by atoms with Gasteiger partial charge in [-0.15, -0.1) is 0 Å². The molecular formula is C17H20N4O2S. The van der Waals surface area contributed by atoms with E-state index in [9.17, 15) is 8.42 Å². The predicted molar refractivity (Wildman–Crippen MR) is 95.9 cm³/mol. The molecule has 0 saturated heterocycles. The highest BCUT2D eigenvalue weighted by Crippen LogP contribution is 2.29. The maximum atomic E-state index is 11.7. The average molecular weight is 344 g/mol. The van der Waals surface area contributed by atoms with Crippen LogP contribution in [0.1, 0.15) is 5.56 Å². The lowest BCUT2D eigenvalue weighted by atomic mass is 10.2. The smallest absolute Gasteiger partial charge is 0.303 e. The van der Waals surface area contributed by atoms with Gasteiger partial charge in [0.05, 0.1) is 23.0 Å². The Bertz CT molecular complexity index is 965. The molecule has 0 unspecified atom stereocenters. The van der Waals surface area contributed by atoms with Crippen LogP contribution in [0.3, 0.4) is 0 Å². The zero-order chi connectivity index (χ0) is 17.3. The fourth-order valence-corrected chi connectivity index (χ4v) is 3.84. The molecule has 0 N–H and O–H groups in total. The van der Waals surface area contributed by atoms with Crippen molar-refractivity contribution in [1.82, 2.24) is 13.9 Å². The first-order valence-electron chi connectivity index (χ1n) is 7.55. The minimum absolute atomic E-state index is 0.447. The van der Waals surface area contributed by atoms with Crippen molar-refractivity contribution < 1.29 is 8.42 Å². The number of imidazole rings is 1. The number of aromatic nitrogens is 2. The van der Waals surface area contributed by atoms with Crippen molar-refractivity contribution in [2.75, 3.05) is 18.4 Å². The third-order valence-electron chi connectivity index (χ3n) is 4.10. The van der Waals surface area contributed by atoms with Crippen molar-refractivity contribution in [1.29, 1.82) is 0 Å². The van der Waals surface area contributed by atoms with Crippen LogP contribution in [-0.4, -0.2) is 36.4 Å². The van der Waals surface area contributed by atoms with Gasteiger partial charge in [-0.3, -0.25) is 4.31 Å². The van der Waals surface area contributed by atoms with Gasteiger partial charge >= 0.3 is 10.2 Å². The summed E-state index contributed by atoms with van der Waals surface area (Å²) < 4.78 is 28.1. The molecule has 1 aliphatic rings. The number of aryl methyl sites for hydroxylation is 1. The molecular weight excluding hydrogens is 324 g/mol. The summed E-state index contributed by atoms with van der Waals surface area (Å²) in [6.45, 7) is 0.447. The Kier molecular flexibility index (Phi) is 4.29. The fourth-order valence-electron chi connectivity index (χ4n) is 2.69. The zero-order valence-corrected chi connectivity index (χ0v) is 14.7. The van der Waals surface area contributed by atoms with Gasteiger partial charge in [-0.25, -0.2) is 4.98 Å². The molecule has 0 amide bonds. The van der Waals surface area contributed by atoms with Crippen LogP contribution in [0.25, 0.3) is 11.0 Å². The molecule has 0 spiro atoms. The number of hydrogen-bond donors (Lipinski definition) is 0. The number of fused-ring (bicyclic) bond motifs is 2. The van der Waals surface area contributed by atoms with E-state index in [2.05, 4.69) is 11.1 Å². The van der Waals surface area contributed by atoms with Gasteiger partial charge in [0, 0.05) is 27.7 Å². The monoisotopic (exact) mass is 344 g/mol. The van der Waals surface area contributed by atoms with Crippen LogP contribution in [-0.2, 0) is 23.8 Å². The summed E-state index contributed by atoms with van der Waals surface area (Å²) in [6, 6.07) is 15.6. The van der Waals surface area contributed by atoms with E-state index in [1.807, 2.05) is 60.4 Å². The van der Waals surface area contributed by atoms with E-state index in [0.29, 0.717) is 6.54 Å².